The molecule has 0 radical (unpaired) electrons. The molecule has 19 heavy (non-hydrogen) atoms. The molecule has 0 bridgehead atoms. The molecular weight excluding hydrogens is 262 g/mol. The van der Waals surface area contributed by atoms with Crippen molar-refractivity contribution in [2.75, 3.05) is 14.2 Å². The molecule has 0 saturated heterocycles. The Morgan fingerprint density at radius 3 is 2.74 bits per heavy atom. The van der Waals surface area contributed by atoms with E-state index in [-0.39, 0.29) is 6.04 Å². The summed E-state index contributed by atoms with van der Waals surface area (Å²) in [7, 11) is 3.26. The molecule has 0 amide bonds. The molecule has 1 aromatic carbocycles. The number of methoxy groups -OCH3 is 2. The Hall–Kier alpha value is -1.66. The number of nitrogens with two attached hydrogens (primary N) is 1. The Labute approximate surface area is 116 Å². The summed E-state index contributed by atoms with van der Waals surface area (Å²) in [5, 5.41) is 4.10. The fraction of sp³-hybridized carbons (Fsp3) is 0.385. The van der Waals surface area contributed by atoms with Crippen LogP contribution in [-0.2, 0) is 6.42 Å². The van der Waals surface area contributed by atoms with Crippen molar-refractivity contribution in [3.05, 3.63) is 34.3 Å². The molecule has 1 atom stereocenters. The normalized spacial score (nSPS) is 12.2. The number of ether oxygens (including phenoxy) is 2. The Bertz CT molecular complexity index is 557. The van der Waals surface area contributed by atoms with Gasteiger partial charge in [-0.3, -0.25) is 0 Å². The van der Waals surface area contributed by atoms with Crippen molar-refractivity contribution in [1.82, 2.24) is 9.59 Å². The number of hydrogen-bond acceptors (Lipinski definition) is 6. The molecule has 0 aliphatic heterocycles. The number of benzene rings is 1. The van der Waals surface area contributed by atoms with Gasteiger partial charge in [-0.05, 0) is 36.2 Å². The minimum Gasteiger partial charge on any atom is -0.497 e. The highest BCUT2D eigenvalue weighted by atomic mass is 32.1. The highest BCUT2D eigenvalue weighted by Gasteiger charge is 2.20. The predicted octanol–water partition coefficient (Wildman–Crippen LogP) is 2.17. The molecule has 5 nitrogen and oxygen atoms in total. The zero-order valence-electron chi connectivity index (χ0n) is 11.2. The molecule has 0 aliphatic carbocycles. The fourth-order valence-corrected chi connectivity index (χ4v) is 2.68. The van der Waals surface area contributed by atoms with Gasteiger partial charge in [-0.2, -0.15) is 0 Å². The average molecular weight is 279 g/mol. The van der Waals surface area contributed by atoms with E-state index in [9.17, 15) is 0 Å². The zero-order valence-corrected chi connectivity index (χ0v) is 12.0. The van der Waals surface area contributed by atoms with Crippen LogP contribution >= 0.6 is 11.5 Å². The quantitative estimate of drug-likeness (QED) is 0.908. The number of aryl methyl sites for hydroxylation is 1. The van der Waals surface area contributed by atoms with Gasteiger partial charge in [-0.1, -0.05) is 11.4 Å². The number of rotatable bonds is 5. The topological polar surface area (TPSA) is 70.3 Å². The van der Waals surface area contributed by atoms with Gasteiger partial charge in [0.15, 0.2) is 0 Å². The maximum Gasteiger partial charge on any atom is 0.124 e. The molecule has 2 aromatic rings. The van der Waals surface area contributed by atoms with E-state index in [0.717, 1.165) is 34.1 Å². The second kappa shape index (κ2) is 5.99. The van der Waals surface area contributed by atoms with Crippen LogP contribution in [0.4, 0.5) is 0 Å². The van der Waals surface area contributed by atoms with Gasteiger partial charge in [0.05, 0.1) is 30.8 Å². The van der Waals surface area contributed by atoms with Crippen molar-refractivity contribution in [3.63, 3.8) is 0 Å². The summed E-state index contributed by atoms with van der Waals surface area (Å²) >= 11 is 1.33. The predicted molar refractivity (Wildman–Crippen MR) is 74.9 cm³/mol. The lowest BCUT2D eigenvalue weighted by Gasteiger charge is -2.16. The van der Waals surface area contributed by atoms with E-state index < -0.39 is 0 Å². The van der Waals surface area contributed by atoms with Crippen LogP contribution in [0.3, 0.4) is 0 Å². The molecule has 2 N–H and O–H groups in total. The zero-order chi connectivity index (χ0) is 13.8. The van der Waals surface area contributed by atoms with Crippen molar-refractivity contribution >= 4 is 11.5 Å². The van der Waals surface area contributed by atoms with Gasteiger partial charge >= 0.3 is 0 Å². The van der Waals surface area contributed by atoms with Gasteiger partial charge in [-0.15, -0.1) is 5.10 Å². The van der Waals surface area contributed by atoms with Crippen LogP contribution < -0.4 is 15.2 Å². The van der Waals surface area contributed by atoms with Gasteiger partial charge in [0.1, 0.15) is 11.5 Å². The SMILES string of the molecule is CCc1nnsc1C(N)c1cc(OC)ccc1OC. The van der Waals surface area contributed by atoms with E-state index >= 15 is 0 Å². The van der Waals surface area contributed by atoms with Gasteiger partial charge in [-0.25, -0.2) is 0 Å². The molecule has 1 unspecified atom stereocenters. The lowest BCUT2D eigenvalue weighted by Crippen LogP contribution is -2.13. The fourth-order valence-electron chi connectivity index (χ4n) is 1.92. The Kier molecular flexibility index (Phi) is 4.34. The smallest absolute Gasteiger partial charge is 0.124 e. The largest absolute Gasteiger partial charge is 0.497 e. The van der Waals surface area contributed by atoms with E-state index in [0.29, 0.717) is 0 Å². The lowest BCUT2D eigenvalue weighted by atomic mass is 10.0. The Morgan fingerprint density at radius 2 is 2.11 bits per heavy atom. The van der Waals surface area contributed by atoms with E-state index in [2.05, 4.69) is 9.59 Å². The Morgan fingerprint density at radius 1 is 1.32 bits per heavy atom. The first kappa shape index (κ1) is 13.8. The highest BCUT2D eigenvalue weighted by molar-refractivity contribution is 7.05. The van der Waals surface area contributed by atoms with Gasteiger partial charge < -0.3 is 15.2 Å². The van der Waals surface area contributed by atoms with E-state index in [1.54, 1.807) is 14.2 Å². The molecule has 0 saturated carbocycles. The monoisotopic (exact) mass is 279 g/mol. The minimum absolute atomic E-state index is 0.306. The van der Waals surface area contributed by atoms with Crippen molar-refractivity contribution in [1.29, 1.82) is 0 Å². The minimum atomic E-state index is -0.306. The third kappa shape index (κ3) is 2.69. The van der Waals surface area contributed by atoms with Crippen LogP contribution in [0.2, 0.25) is 0 Å². The first-order valence-corrected chi connectivity index (χ1v) is 6.77. The second-order valence-corrected chi connectivity index (χ2v) is 4.81. The number of nitrogens with zero attached hydrogens (tertiary/aromatic N) is 2. The average Bonchev–Trinajstić information content (AvgIpc) is 2.94. The van der Waals surface area contributed by atoms with Gasteiger partial charge in [0, 0.05) is 5.56 Å². The molecule has 102 valence electrons. The summed E-state index contributed by atoms with van der Waals surface area (Å²) in [5.41, 5.74) is 8.14. The summed E-state index contributed by atoms with van der Waals surface area (Å²) in [5.74, 6) is 1.49. The standard InChI is InChI=1S/C13H17N3O2S/c1-4-10-13(19-16-15-10)12(14)9-7-8(17-2)5-6-11(9)18-3/h5-7,12H,4,14H2,1-3H3. The summed E-state index contributed by atoms with van der Waals surface area (Å²) < 4.78 is 14.6. The van der Waals surface area contributed by atoms with E-state index in [1.165, 1.54) is 11.5 Å². The van der Waals surface area contributed by atoms with Crippen LogP contribution in [0.25, 0.3) is 0 Å². The van der Waals surface area contributed by atoms with E-state index in [4.69, 9.17) is 15.2 Å². The molecule has 2 rings (SSSR count). The summed E-state index contributed by atoms with van der Waals surface area (Å²) in [6.07, 6.45) is 0.811. The maximum atomic E-state index is 6.33. The number of hydrogen-bond donors (Lipinski definition) is 1. The molecule has 0 spiro atoms. The van der Waals surface area contributed by atoms with Crippen molar-refractivity contribution < 1.29 is 9.47 Å². The van der Waals surface area contributed by atoms with Crippen LogP contribution in [0.1, 0.15) is 29.1 Å². The van der Waals surface area contributed by atoms with Crippen molar-refractivity contribution in [2.45, 2.75) is 19.4 Å². The summed E-state index contributed by atoms with van der Waals surface area (Å²) in [6, 6.07) is 5.29. The number of aromatic nitrogens is 2. The highest BCUT2D eigenvalue weighted by Crippen LogP contribution is 2.33. The van der Waals surface area contributed by atoms with Crippen LogP contribution in [-0.4, -0.2) is 23.8 Å². The van der Waals surface area contributed by atoms with E-state index in [1.807, 2.05) is 25.1 Å². The third-order valence-electron chi connectivity index (χ3n) is 2.97. The summed E-state index contributed by atoms with van der Waals surface area (Å²) in [6.45, 7) is 2.04. The molecular formula is C13H17N3O2S. The van der Waals surface area contributed by atoms with Crippen molar-refractivity contribution in [2.24, 2.45) is 5.73 Å². The first-order valence-electron chi connectivity index (χ1n) is 5.99. The molecule has 6 heteroatoms. The summed E-state index contributed by atoms with van der Waals surface area (Å²) in [4.78, 5) is 0.967. The van der Waals surface area contributed by atoms with Gasteiger partial charge in [0.25, 0.3) is 0 Å². The lowest BCUT2D eigenvalue weighted by molar-refractivity contribution is 0.397. The first-order chi connectivity index (χ1) is 9.21. The second-order valence-electron chi connectivity index (χ2n) is 4.02. The van der Waals surface area contributed by atoms with Crippen LogP contribution in [0.5, 0.6) is 11.5 Å². The molecule has 1 aromatic heterocycles. The van der Waals surface area contributed by atoms with Gasteiger partial charge in [0.2, 0.25) is 0 Å². The molecule has 0 aliphatic rings. The van der Waals surface area contributed by atoms with Crippen LogP contribution in [0, 0.1) is 0 Å². The third-order valence-corrected chi connectivity index (χ3v) is 3.82. The molecule has 1 heterocycles. The maximum absolute atomic E-state index is 6.33. The van der Waals surface area contributed by atoms with Crippen molar-refractivity contribution in [3.8, 4) is 11.5 Å². The molecule has 0 fully saturated rings. The Balaban J connectivity index is 2.45. The van der Waals surface area contributed by atoms with Crippen LogP contribution in [0.15, 0.2) is 18.2 Å².